The summed E-state index contributed by atoms with van der Waals surface area (Å²) in [6.07, 6.45) is 2.08. The molecule has 0 fully saturated rings. The zero-order chi connectivity index (χ0) is 16.4. The van der Waals surface area contributed by atoms with Crippen LogP contribution in [0.1, 0.15) is 17.0 Å². The summed E-state index contributed by atoms with van der Waals surface area (Å²) in [4.78, 5) is 8.16. The summed E-state index contributed by atoms with van der Waals surface area (Å²) in [6.45, 7) is 0. The van der Waals surface area contributed by atoms with E-state index in [1.54, 1.807) is 0 Å². The lowest BCUT2D eigenvalue weighted by Crippen LogP contribution is -1.91. The number of aromatic nitrogens is 2. The molecule has 0 saturated carbocycles. The molecule has 0 bridgehead atoms. The highest BCUT2D eigenvalue weighted by Gasteiger charge is 2.11. The van der Waals surface area contributed by atoms with E-state index in [1.165, 1.54) is 0 Å². The van der Waals surface area contributed by atoms with Crippen molar-refractivity contribution in [1.82, 2.24) is 9.97 Å². The zero-order valence-electron chi connectivity index (χ0n) is 12.9. The van der Waals surface area contributed by atoms with Gasteiger partial charge in [-0.15, -0.1) is 0 Å². The van der Waals surface area contributed by atoms with Crippen LogP contribution in [-0.4, -0.2) is 9.97 Å². The first-order valence-corrected chi connectivity index (χ1v) is 8.16. The second-order valence-electron chi connectivity index (χ2n) is 5.55. The first-order chi connectivity index (χ1) is 11.8. The van der Waals surface area contributed by atoms with Gasteiger partial charge in [0.1, 0.15) is 5.82 Å². The molecule has 3 aromatic carbocycles. The van der Waals surface area contributed by atoms with E-state index in [2.05, 4.69) is 23.2 Å². The molecule has 116 valence electrons. The van der Waals surface area contributed by atoms with Gasteiger partial charge >= 0.3 is 0 Å². The average molecular weight is 331 g/mol. The van der Waals surface area contributed by atoms with Crippen LogP contribution in [0.25, 0.3) is 22.7 Å². The van der Waals surface area contributed by atoms with E-state index in [-0.39, 0.29) is 0 Å². The molecule has 24 heavy (non-hydrogen) atoms. The summed E-state index contributed by atoms with van der Waals surface area (Å²) in [5.41, 5.74) is 5.05. The maximum Gasteiger partial charge on any atom is 0.139 e. The maximum atomic E-state index is 6.35. The molecule has 0 saturated heterocycles. The van der Waals surface area contributed by atoms with Gasteiger partial charge in [-0.2, -0.15) is 0 Å². The number of rotatable bonds is 3. The number of fused-ring (bicyclic) bond motifs is 1. The van der Waals surface area contributed by atoms with E-state index in [0.717, 1.165) is 38.6 Å². The highest BCUT2D eigenvalue weighted by atomic mass is 35.5. The maximum absolute atomic E-state index is 6.35. The Morgan fingerprint density at radius 3 is 2.33 bits per heavy atom. The molecule has 0 radical (unpaired) electrons. The second kappa shape index (κ2) is 6.34. The SMILES string of the molecule is Clc1ccccc1/C=C(\c1ccccc1)c1nc2ccccc2[nH]1. The van der Waals surface area contributed by atoms with Gasteiger partial charge in [0.25, 0.3) is 0 Å². The number of nitrogens with one attached hydrogen (secondary N) is 1. The molecule has 0 aliphatic carbocycles. The van der Waals surface area contributed by atoms with E-state index in [9.17, 15) is 0 Å². The Bertz CT molecular complexity index is 983. The fourth-order valence-electron chi connectivity index (χ4n) is 2.73. The van der Waals surface area contributed by atoms with Crippen molar-refractivity contribution < 1.29 is 0 Å². The summed E-state index contributed by atoms with van der Waals surface area (Å²) in [7, 11) is 0. The Kier molecular flexibility index (Phi) is 3.89. The molecule has 0 aliphatic rings. The summed E-state index contributed by atoms with van der Waals surface area (Å²) in [6, 6.07) is 26.1. The van der Waals surface area contributed by atoms with Gasteiger partial charge in [0.15, 0.2) is 0 Å². The monoisotopic (exact) mass is 330 g/mol. The minimum absolute atomic E-state index is 0.724. The smallest absolute Gasteiger partial charge is 0.139 e. The van der Waals surface area contributed by atoms with E-state index in [1.807, 2.05) is 66.7 Å². The third-order valence-corrected chi connectivity index (χ3v) is 4.28. The van der Waals surface area contributed by atoms with E-state index < -0.39 is 0 Å². The minimum atomic E-state index is 0.724. The average Bonchev–Trinajstić information content (AvgIpc) is 3.05. The lowest BCUT2D eigenvalue weighted by Gasteiger charge is -2.06. The Balaban J connectivity index is 1.92. The molecule has 1 N–H and O–H groups in total. The van der Waals surface area contributed by atoms with Gasteiger partial charge in [0.2, 0.25) is 0 Å². The molecular formula is C21H15ClN2. The molecule has 1 heterocycles. The molecule has 0 unspecified atom stereocenters. The Labute approximate surface area is 145 Å². The summed E-state index contributed by atoms with van der Waals surface area (Å²) >= 11 is 6.35. The highest BCUT2D eigenvalue weighted by molar-refractivity contribution is 6.32. The van der Waals surface area contributed by atoms with Gasteiger partial charge < -0.3 is 4.98 Å². The van der Waals surface area contributed by atoms with Gasteiger partial charge in [0.05, 0.1) is 11.0 Å². The van der Waals surface area contributed by atoms with Crippen molar-refractivity contribution >= 4 is 34.3 Å². The van der Waals surface area contributed by atoms with Crippen LogP contribution in [0.3, 0.4) is 0 Å². The first kappa shape index (κ1) is 14.7. The number of aromatic amines is 1. The standard InChI is InChI=1S/C21H15ClN2/c22-18-11-5-4-10-16(18)14-17(15-8-2-1-3-9-15)21-23-19-12-6-7-13-20(19)24-21/h1-14H,(H,23,24)/b17-14+. The third-order valence-electron chi connectivity index (χ3n) is 3.93. The van der Waals surface area contributed by atoms with Crippen molar-refractivity contribution in [3.05, 3.63) is 101 Å². The predicted octanol–water partition coefficient (Wildman–Crippen LogP) is 5.81. The van der Waals surface area contributed by atoms with Gasteiger partial charge in [-0.3, -0.25) is 0 Å². The van der Waals surface area contributed by atoms with E-state index >= 15 is 0 Å². The number of hydrogen-bond acceptors (Lipinski definition) is 1. The summed E-state index contributed by atoms with van der Waals surface area (Å²) in [5, 5.41) is 0.724. The lowest BCUT2D eigenvalue weighted by molar-refractivity contribution is 1.26. The molecule has 0 atom stereocenters. The topological polar surface area (TPSA) is 28.7 Å². The molecule has 4 rings (SSSR count). The fourth-order valence-corrected chi connectivity index (χ4v) is 2.92. The highest BCUT2D eigenvalue weighted by Crippen LogP contribution is 2.28. The van der Waals surface area contributed by atoms with Crippen LogP contribution in [0.5, 0.6) is 0 Å². The van der Waals surface area contributed by atoms with Gasteiger partial charge in [-0.25, -0.2) is 4.98 Å². The van der Waals surface area contributed by atoms with E-state index in [0.29, 0.717) is 0 Å². The van der Waals surface area contributed by atoms with Crippen molar-refractivity contribution in [2.45, 2.75) is 0 Å². The molecule has 3 heteroatoms. The first-order valence-electron chi connectivity index (χ1n) is 7.78. The van der Waals surface area contributed by atoms with Crippen LogP contribution in [0.2, 0.25) is 5.02 Å². The van der Waals surface area contributed by atoms with Gasteiger partial charge in [0, 0.05) is 10.6 Å². The summed E-state index contributed by atoms with van der Waals surface area (Å²) < 4.78 is 0. The molecular weight excluding hydrogens is 316 g/mol. The normalized spacial score (nSPS) is 11.8. The largest absolute Gasteiger partial charge is 0.338 e. The van der Waals surface area contributed by atoms with Crippen LogP contribution in [0.4, 0.5) is 0 Å². The minimum Gasteiger partial charge on any atom is -0.338 e. The number of halogens is 1. The number of H-pyrrole nitrogens is 1. The van der Waals surface area contributed by atoms with Gasteiger partial charge in [-0.1, -0.05) is 72.3 Å². The van der Waals surface area contributed by atoms with Crippen molar-refractivity contribution in [2.24, 2.45) is 0 Å². The molecule has 0 spiro atoms. The van der Waals surface area contributed by atoms with Crippen LogP contribution < -0.4 is 0 Å². The number of para-hydroxylation sites is 2. The second-order valence-corrected chi connectivity index (χ2v) is 5.96. The Hall–Kier alpha value is -2.84. The van der Waals surface area contributed by atoms with Crippen molar-refractivity contribution in [3.63, 3.8) is 0 Å². The third kappa shape index (κ3) is 2.84. The van der Waals surface area contributed by atoms with Crippen LogP contribution >= 0.6 is 11.6 Å². The fraction of sp³-hybridized carbons (Fsp3) is 0. The molecule has 1 aromatic heterocycles. The number of imidazole rings is 1. The Morgan fingerprint density at radius 1 is 0.833 bits per heavy atom. The van der Waals surface area contributed by atoms with Crippen LogP contribution in [0.15, 0.2) is 78.9 Å². The molecule has 0 amide bonds. The number of benzene rings is 3. The molecule has 2 nitrogen and oxygen atoms in total. The Morgan fingerprint density at radius 2 is 1.54 bits per heavy atom. The lowest BCUT2D eigenvalue weighted by atomic mass is 10.0. The van der Waals surface area contributed by atoms with Crippen LogP contribution in [-0.2, 0) is 0 Å². The van der Waals surface area contributed by atoms with Crippen molar-refractivity contribution in [2.75, 3.05) is 0 Å². The number of hydrogen-bond donors (Lipinski definition) is 1. The molecule has 4 aromatic rings. The summed E-state index contributed by atoms with van der Waals surface area (Å²) in [5.74, 6) is 0.835. The van der Waals surface area contributed by atoms with E-state index in [4.69, 9.17) is 16.6 Å². The van der Waals surface area contributed by atoms with Crippen molar-refractivity contribution in [3.8, 4) is 0 Å². The molecule has 0 aliphatic heterocycles. The van der Waals surface area contributed by atoms with Crippen LogP contribution in [0, 0.1) is 0 Å². The zero-order valence-corrected chi connectivity index (χ0v) is 13.7. The quantitative estimate of drug-likeness (QED) is 0.472. The van der Waals surface area contributed by atoms with Crippen molar-refractivity contribution in [1.29, 1.82) is 0 Å². The predicted molar refractivity (Wildman–Crippen MR) is 101 cm³/mol. The van der Waals surface area contributed by atoms with Gasteiger partial charge in [-0.05, 0) is 35.4 Å². The number of nitrogens with zero attached hydrogens (tertiary/aromatic N) is 1.